The van der Waals surface area contributed by atoms with E-state index in [4.69, 9.17) is 0 Å². The predicted octanol–water partition coefficient (Wildman–Crippen LogP) is 2.54. The second kappa shape index (κ2) is 14.8. The number of rotatable bonds is 13. The Labute approximate surface area is 127 Å². The van der Waals surface area contributed by atoms with Crippen molar-refractivity contribution >= 4 is 18.2 Å². The van der Waals surface area contributed by atoms with Gasteiger partial charge in [0.1, 0.15) is 12.8 Å². The molecule has 0 aromatic carbocycles. The monoisotopic (exact) mass is 297 g/mol. The third kappa shape index (κ3) is 14.6. The molecule has 5 nitrogen and oxygen atoms in total. The fourth-order valence-corrected chi connectivity index (χ4v) is 1.85. The molecule has 0 heterocycles. The van der Waals surface area contributed by atoms with Crippen LogP contribution in [0.3, 0.4) is 0 Å². The van der Waals surface area contributed by atoms with Gasteiger partial charge in [-0.15, -0.1) is 0 Å². The molecule has 120 valence electrons. The van der Waals surface area contributed by atoms with Crippen LogP contribution in [0.4, 0.5) is 0 Å². The van der Waals surface area contributed by atoms with Crippen molar-refractivity contribution in [1.29, 1.82) is 0 Å². The van der Waals surface area contributed by atoms with E-state index in [0.717, 1.165) is 38.4 Å². The molecule has 0 saturated carbocycles. The first-order valence-corrected chi connectivity index (χ1v) is 7.65. The van der Waals surface area contributed by atoms with Gasteiger partial charge in [0, 0.05) is 6.42 Å². The zero-order valence-corrected chi connectivity index (χ0v) is 12.9. The fourth-order valence-electron chi connectivity index (χ4n) is 1.85. The zero-order valence-electron chi connectivity index (χ0n) is 12.9. The summed E-state index contributed by atoms with van der Waals surface area (Å²) < 4.78 is 4.42. The van der Waals surface area contributed by atoms with Gasteiger partial charge in [0.25, 0.3) is 0 Å². The van der Waals surface area contributed by atoms with E-state index in [2.05, 4.69) is 10.1 Å². The van der Waals surface area contributed by atoms with E-state index in [9.17, 15) is 14.4 Å². The van der Waals surface area contributed by atoms with E-state index in [1.165, 1.54) is 32.4 Å². The van der Waals surface area contributed by atoms with E-state index in [-0.39, 0.29) is 12.5 Å². The van der Waals surface area contributed by atoms with Crippen molar-refractivity contribution in [2.24, 2.45) is 0 Å². The molecule has 0 radical (unpaired) electrons. The molecule has 0 aliphatic carbocycles. The van der Waals surface area contributed by atoms with Crippen LogP contribution in [0.15, 0.2) is 12.2 Å². The Morgan fingerprint density at radius 3 is 2.10 bits per heavy atom. The van der Waals surface area contributed by atoms with Gasteiger partial charge >= 0.3 is 5.97 Å². The molecule has 0 aliphatic heterocycles. The maximum absolute atomic E-state index is 11.3. The Balaban J connectivity index is 3.33. The molecule has 0 saturated heterocycles. The van der Waals surface area contributed by atoms with Gasteiger partial charge in [0.2, 0.25) is 5.91 Å². The van der Waals surface area contributed by atoms with Crippen LogP contribution in [0.2, 0.25) is 0 Å². The van der Waals surface area contributed by atoms with Gasteiger partial charge in [-0.1, -0.05) is 38.2 Å². The molecule has 0 rings (SSSR count). The number of esters is 1. The molecule has 0 bridgehead atoms. The number of hydrogen-bond acceptors (Lipinski definition) is 4. The summed E-state index contributed by atoms with van der Waals surface area (Å²) in [6.07, 6.45) is 13.8. The molecule has 21 heavy (non-hydrogen) atoms. The normalized spacial score (nSPS) is 10.5. The van der Waals surface area contributed by atoms with Crippen LogP contribution in [-0.2, 0) is 19.1 Å². The summed E-state index contributed by atoms with van der Waals surface area (Å²) in [5.74, 6) is -0.722. The minimum Gasteiger partial charge on any atom is -0.468 e. The highest BCUT2D eigenvalue weighted by Crippen LogP contribution is 2.09. The minimum absolute atomic E-state index is 0.0935. The molecule has 0 atom stereocenters. The Bertz CT molecular complexity index is 326. The average molecular weight is 297 g/mol. The number of hydrogen-bond donors (Lipinski definition) is 1. The molecule has 0 aromatic rings. The first-order chi connectivity index (χ1) is 10.2. The summed E-state index contributed by atoms with van der Waals surface area (Å²) in [4.78, 5) is 32.2. The lowest BCUT2D eigenvalue weighted by Crippen LogP contribution is -2.28. The second-order valence-electron chi connectivity index (χ2n) is 4.92. The van der Waals surface area contributed by atoms with Crippen molar-refractivity contribution in [1.82, 2.24) is 5.32 Å². The van der Waals surface area contributed by atoms with Crippen molar-refractivity contribution in [3.63, 3.8) is 0 Å². The largest absolute Gasteiger partial charge is 0.468 e. The molecule has 1 N–H and O–H groups in total. The lowest BCUT2D eigenvalue weighted by Gasteiger charge is -2.00. The quantitative estimate of drug-likeness (QED) is 0.245. The van der Waals surface area contributed by atoms with E-state index < -0.39 is 5.97 Å². The Hall–Kier alpha value is -1.65. The van der Waals surface area contributed by atoms with Crippen LogP contribution in [0.1, 0.15) is 57.8 Å². The molecular weight excluding hydrogens is 270 g/mol. The van der Waals surface area contributed by atoms with Gasteiger partial charge in [-0.05, 0) is 25.3 Å². The van der Waals surface area contributed by atoms with Gasteiger partial charge in [0.05, 0.1) is 7.11 Å². The number of methoxy groups -OCH3 is 1. The third-order valence-electron chi connectivity index (χ3n) is 3.10. The lowest BCUT2D eigenvalue weighted by atomic mass is 10.1. The number of carbonyl (C=O) groups is 3. The number of aldehydes is 1. The van der Waals surface area contributed by atoms with E-state index >= 15 is 0 Å². The number of amides is 1. The number of carbonyl (C=O) groups excluding carboxylic acids is 3. The predicted molar refractivity (Wildman–Crippen MR) is 81.8 cm³/mol. The SMILES string of the molecule is COC(=O)CNC(=O)/C=C\CCCCCCCCCC=O. The fraction of sp³-hybridized carbons (Fsp3) is 0.688. The summed E-state index contributed by atoms with van der Waals surface area (Å²) in [6, 6.07) is 0. The van der Waals surface area contributed by atoms with Crippen molar-refractivity contribution in [3.05, 3.63) is 12.2 Å². The summed E-state index contributed by atoms with van der Waals surface area (Å²) in [7, 11) is 1.28. The topological polar surface area (TPSA) is 72.5 Å². The molecular formula is C16H27NO4. The standard InChI is InChI=1S/C16H27NO4/c1-21-16(20)14-17-15(19)12-10-8-6-4-2-3-5-7-9-11-13-18/h10,12-13H,2-9,11,14H2,1H3,(H,17,19)/b12-10-. The van der Waals surface area contributed by atoms with E-state index in [1.54, 1.807) is 0 Å². The van der Waals surface area contributed by atoms with Gasteiger partial charge in [-0.3, -0.25) is 9.59 Å². The summed E-state index contributed by atoms with van der Waals surface area (Å²) in [5, 5.41) is 2.44. The summed E-state index contributed by atoms with van der Waals surface area (Å²) >= 11 is 0. The Morgan fingerprint density at radius 2 is 1.52 bits per heavy atom. The zero-order chi connectivity index (χ0) is 15.8. The van der Waals surface area contributed by atoms with Crippen molar-refractivity contribution < 1.29 is 19.1 Å². The van der Waals surface area contributed by atoms with Gasteiger partial charge in [-0.25, -0.2) is 0 Å². The molecule has 0 spiro atoms. The van der Waals surface area contributed by atoms with Crippen LogP contribution in [0, 0.1) is 0 Å². The van der Waals surface area contributed by atoms with Crippen molar-refractivity contribution in [2.75, 3.05) is 13.7 Å². The number of unbranched alkanes of at least 4 members (excludes halogenated alkanes) is 8. The van der Waals surface area contributed by atoms with Crippen molar-refractivity contribution in [2.45, 2.75) is 57.8 Å². The smallest absolute Gasteiger partial charge is 0.325 e. The maximum Gasteiger partial charge on any atom is 0.325 e. The van der Waals surface area contributed by atoms with Crippen LogP contribution >= 0.6 is 0 Å². The highest BCUT2D eigenvalue weighted by molar-refractivity contribution is 5.90. The van der Waals surface area contributed by atoms with E-state index in [0.29, 0.717) is 6.42 Å². The maximum atomic E-state index is 11.3. The summed E-state index contributed by atoms with van der Waals surface area (Å²) in [5.41, 5.74) is 0. The summed E-state index contributed by atoms with van der Waals surface area (Å²) in [6.45, 7) is -0.0935. The van der Waals surface area contributed by atoms with Gasteiger partial charge < -0.3 is 14.8 Å². The van der Waals surface area contributed by atoms with Crippen LogP contribution in [-0.4, -0.2) is 31.8 Å². The first-order valence-electron chi connectivity index (χ1n) is 7.65. The lowest BCUT2D eigenvalue weighted by molar-refractivity contribution is -0.140. The Morgan fingerprint density at radius 1 is 0.952 bits per heavy atom. The molecule has 0 unspecified atom stereocenters. The number of ether oxygens (including phenoxy) is 1. The minimum atomic E-state index is -0.454. The highest BCUT2D eigenvalue weighted by atomic mass is 16.5. The van der Waals surface area contributed by atoms with Crippen LogP contribution in [0.25, 0.3) is 0 Å². The Kier molecular flexibility index (Phi) is 13.6. The molecule has 0 aliphatic rings. The third-order valence-corrected chi connectivity index (χ3v) is 3.10. The number of allylic oxidation sites excluding steroid dienone is 1. The number of nitrogens with one attached hydrogen (secondary N) is 1. The molecule has 0 fully saturated rings. The molecule has 0 aromatic heterocycles. The first kappa shape index (κ1) is 19.4. The van der Waals surface area contributed by atoms with E-state index in [1.807, 2.05) is 6.08 Å². The highest BCUT2D eigenvalue weighted by Gasteiger charge is 2.00. The molecule has 1 amide bonds. The molecule has 5 heteroatoms. The van der Waals surface area contributed by atoms with Crippen LogP contribution in [0.5, 0.6) is 0 Å². The van der Waals surface area contributed by atoms with Crippen LogP contribution < -0.4 is 5.32 Å². The average Bonchev–Trinajstić information content (AvgIpc) is 2.50. The van der Waals surface area contributed by atoms with Gasteiger partial charge in [0.15, 0.2) is 0 Å². The van der Waals surface area contributed by atoms with Gasteiger partial charge in [-0.2, -0.15) is 0 Å². The van der Waals surface area contributed by atoms with Crippen molar-refractivity contribution in [3.8, 4) is 0 Å². The second-order valence-corrected chi connectivity index (χ2v) is 4.92.